The van der Waals surface area contributed by atoms with Gasteiger partial charge in [-0.15, -0.1) is 0 Å². The molecule has 0 aliphatic carbocycles. The van der Waals surface area contributed by atoms with E-state index < -0.39 is 6.09 Å². The number of aryl methyl sites for hydroxylation is 1. The number of fused-ring (bicyclic) bond motifs is 1. The minimum Gasteiger partial charge on any atom is -0.493 e. The SMILES string of the molecule is COc1ccc(C(=O)N2CCC(=O)c3c2cnn3CCCCCNC(=O)O)cc1OC. The largest absolute Gasteiger partial charge is 0.493 e. The summed E-state index contributed by atoms with van der Waals surface area (Å²) in [5.41, 5.74) is 1.36. The van der Waals surface area contributed by atoms with Gasteiger partial charge in [0, 0.05) is 31.6 Å². The van der Waals surface area contributed by atoms with Gasteiger partial charge in [0.1, 0.15) is 5.69 Å². The third kappa shape index (κ3) is 4.96. The van der Waals surface area contributed by atoms with Crippen molar-refractivity contribution in [3.63, 3.8) is 0 Å². The zero-order valence-corrected chi connectivity index (χ0v) is 17.6. The second-order valence-electron chi connectivity index (χ2n) is 7.09. The number of carbonyl (C=O) groups is 3. The van der Waals surface area contributed by atoms with Gasteiger partial charge in [-0.2, -0.15) is 5.10 Å². The van der Waals surface area contributed by atoms with Crippen LogP contribution in [0.25, 0.3) is 0 Å². The van der Waals surface area contributed by atoms with E-state index in [0.29, 0.717) is 48.0 Å². The van der Waals surface area contributed by atoms with E-state index in [1.165, 1.54) is 14.2 Å². The van der Waals surface area contributed by atoms with E-state index in [4.69, 9.17) is 14.6 Å². The van der Waals surface area contributed by atoms with E-state index >= 15 is 0 Å². The molecule has 166 valence electrons. The van der Waals surface area contributed by atoms with Crippen LogP contribution in [0.15, 0.2) is 24.4 Å². The highest BCUT2D eigenvalue weighted by Gasteiger charge is 2.32. The third-order valence-corrected chi connectivity index (χ3v) is 5.14. The highest BCUT2D eigenvalue weighted by molar-refractivity contribution is 6.12. The molecule has 2 amide bonds. The first-order valence-corrected chi connectivity index (χ1v) is 10.1. The van der Waals surface area contributed by atoms with Gasteiger partial charge >= 0.3 is 6.09 Å². The van der Waals surface area contributed by atoms with E-state index in [1.54, 1.807) is 34.0 Å². The van der Waals surface area contributed by atoms with Crippen molar-refractivity contribution in [3.05, 3.63) is 35.7 Å². The number of nitrogens with one attached hydrogen (secondary N) is 1. The monoisotopic (exact) mass is 430 g/mol. The Balaban J connectivity index is 1.72. The Hall–Kier alpha value is -3.56. The molecule has 0 spiro atoms. The molecule has 1 aromatic carbocycles. The summed E-state index contributed by atoms with van der Waals surface area (Å²) in [4.78, 5) is 37.7. The van der Waals surface area contributed by atoms with Gasteiger partial charge in [-0.25, -0.2) is 4.79 Å². The molecule has 0 radical (unpaired) electrons. The van der Waals surface area contributed by atoms with Gasteiger partial charge in [-0.05, 0) is 37.5 Å². The van der Waals surface area contributed by atoms with Gasteiger partial charge in [0.15, 0.2) is 17.3 Å². The van der Waals surface area contributed by atoms with Gasteiger partial charge in [-0.1, -0.05) is 0 Å². The van der Waals surface area contributed by atoms with Gasteiger partial charge < -0.3 is 24.8 Å². The number of hydrogen-bond donors (Lipinski definition) is 2. The van der Waals surface area contributed by atoms with Crippen LogP contribution in [0.5, 0.6) is 11.5 Å². The number of ether oxygens (including phenoxy) is 2. The lowest BCUT2D eigenvalue weighted by molar-refractivity contribution is 0.0947. The van der Waals surface area contributed by atoms with Crippen LogP contribution < -0.4 is 19.7 Å². The highest BCUT2D eigenvalue weighted by atomic mass is 16.5. The van der Waals surface area contributed by atoms with Gasteiger partial charge in [0.25, 0.3) is 5.91 Å². The molecule has 2 heterocycles. The van der Waals surface area contributed by atoms with E-state index in [0.717, 1.165) is 12.8 Å². The summed E-state index contributed by atoms with van der Waals surface area (Å²) in [7, 11) is 3.03. The number of unbranched alkanes of at least 4 members (excludes halogenated alkanes) is 2. The number of nitrogens with zero attached hydrogens (tertiary/aromatic N) is 3. The lowest BCUT2D eigenvalue weighted by atomic mass is 10.1. The number of aromatic nitrogens is 2. The van der Waals surface area contributed by atoms with Crippen LogP contribution in [0.2, 0.25) is 0 Å². The Bertz CT molecular complexity index is 971. The number of rotatable bonds is 9. The molecule has 10 heteroatoms. The molecule has 1 aliphatic rings. The molecular weight excluding hydrogens is 404 g/mol. The molecule has 0 atom stereocenters. The van der Waals surface area contributed by atoms with E-state index in [-0.39, 0.29) is 24.7 Å². The molecule has 31 heavy (non-hydrogen) atoms. The van der Waals surface area contributed by atoms with Gasteiger partial charge in [0.05, 0.1) is 26.1 Å². The van der Waals surface area contributed by atoms with Crippen LogP contribution in [0, 0.1) is 0 Å². The Kier molecular flexibility index (Phi) is 7.11. The maximum absolute atomic E-state index is 13.2. The first-order valence-electron chi connectivity index (χ1n) is 10.1. The van der Waals surface area contributed by atoms with Crippen molar-refractivity contribution < 1.29 is 29.0 Å². The maximum atomic E-state index is 13.2. The molecule has 2 N–H and O–H groups in total. The molecule has 10 nitrogen and oxygen atoms in total. The number of amides is 2. The highest BCUT2D eigenvalue weighted by Crippen LogP contribution is 2.32. The number of Topliss-reactive ketones (excluding diaryl/α,β-unsaturated/α-hetero) is 1. The normalized spacial score (nSPS) is 13.0. The van der Waals surface area contributed by atoms with Crippen molar-refractivity contribution in [2.75, 3.05) is 32.2 Å². The zero-order chi connectivity index (χ0) is 22.4. The van der Waals surface area contributed by atoms with Crippen molar-refractivity contribution in [3.8, 4) is 11.5 Å². The smallest absolute Gasteiger partial charge is 0.404 e. The predicted molar refractivity (Wildman–Crippen MR) is 112 cm³/mol. The molecule has 0 bridgehead atoms. The summed E-state index contributed by atoms with van der Waals surface area (Å²) in [5, 5.41) is 15.2. The molecule has 0 fully saturated rings. The van der Waals surface area contributed by atoms with Crippen LogP contribution >= 0.6 is 0 Å². The summed E-state index contributed by atoms with van der Waals surface area (Å²) in [6.45, 7) is 1.19. The molecule has 2 aromatic rings. The number of ketones is 1. The minimum absolute atomic E-state index is 0.0450. The molecule has 1 aromatic heterocycles. The van der Waals surface area contributed by atoms with Crippen LogP contribution in [0.1, 0.15) is 46.5 Å². The minimum atomic E-state index is -1.04. The summed E-state index contributed by atoms with van der Waals surface area (Å²) < 4.78 is 12.1. The average molecular weight is 430 g/mol. The molecule has 0 saturated carbocycles. The van der Waals surface area contributed by atoms with Crippen molar-refractivity contribution in [1.29, 1.82) is 0 Å². The van der Waals surface area contributed by atoms with Crippen molar-refractivity contribution >= 4 is 23.5 Å². The molecule has 1 aliphatic heterocycles. The summed E-state index contributed by atoms with van der Waals surface area (Å²) in [6.07, 6.45) is 2.97. The fourth-order valence-electron chi connectivity index (χ4n) is 3.58. The molecular formula is C21H26N4O6. The number of benzene rings is 1. The van der Waals surface area contributed by atoms with Crippen molar-refractivity contribution in [2.24, 2.45) is 0 Å². The number of carboxylic acid groups (broad SMARTS) is 1. The summed E-state index contributed by atoms with van der Waals surface area (Å²) in [6, 6.07) is 4.95. The first-order chi connectivity index (χ1) is 15.0. The van der Waals surface area contributed by atoms with Crippen LogP contribution in [0.3, 0.4) is 0 Å². The lowest BCUT2D eigenvalue weighted by Crippen LogP contribution is -2.37. The Morgan fingerprint density at radius 3 is 2.65 bits per heavy atom. The Morgan fingerprint density at radius 2 is 1.94 bits per heavy atom. The number of carbonyl (C=O) groups excluding carboxylic acids is 2. The predicted octanol–water partition coefficient (Wildman–Crippen LogP) is 2.57. The molecule has 0 saturated heterocycles. The van der Waals surface area contributed by atoms with Crippen LogP contribution in [-0.4, -0.2) is 60.0 Å². The van der Waals surface area contributed by atoms with Crippen molar-refractivity contribution in [2.45, 2.75) is 32.2 Å². The molecule has 0 unspecified atom stereocenters. The standard InChI is InChI=1S/C21H26N4O6/c1-30-17-7-6-14(12-18(17)31-2)20(27)24-11-8-16(26)19-15(24)13-23-25(19)10-5-3-4-9-22-21(28)29/h6-7,12-13,22H,3-5,8-11H2,1-2H3,(H,28,29). The number of hydrogen-bond acceptors (Lipinski definition) is 6. The average Bonchev–Trinajstić information content (AvgIpc) is 3.20. The summed E-state index contributed by atoms with van der Waals surface area (Å²) >= 11 is 0. The van der Waals surface area contributed by atoms with Crippen LogP contribution in [0.4, 0.5) is 10.5 Å². The quantitative estimate of drug-likeness (QED) is 0.586. The Morgan fingerprint density at radius 1 is 1.16 bits per heavy atom. The number of methoxy groups -OCH3 is 2. The van der Waals surface area contributed by atoms with Gasteiger partial charge in [-0.3, -0.25) is 14.3 Å². The van der Waals surface area contributed by atoms with E-state index in [2.05, 4.69) is 10.4 Å². The Labute approximate surface area is 179 Å². The third-order valence-electron chi connectivity index (χ3n) is 5.14. The van der Waals surface area contributed by atoms with Crippen molar-refractivity contribution in [1.82, 2.24) is 15.1 Å². The topological polar surface area (TPSA) is 123 Å². The van der Waals surface area contributed by atoms with Crippen LogP contribution in [-0.2, 0) is 6.54 Å². The maximum Gasteiger partial charge on any atom is 0.404 e. The molecule has 3 rings (SSSR count). The second-order valence-corrected chi connectivity index (χ2v) is 7.09. The lowest BCUT2D eigenvalue weighted by Gasteiger charge is -2.26. The van der Waals surface area contributed by atoms with E-state index in [9.17, 15) is 14.4 Å². The first kappa shape index (κ1) is 22.1. The summed E-state index contributed by atoms with van der Waals surface area (Å²) in [5.74, 6) is 0.695. The fraction of sp³-hybridized carbons (Fsp3) is 0.429. The fourth-order valence-corrected chi connectivity index (χ4v) is 3.58. The van der Waals surface area contributed by atoms with Gasteiger partial charge in [0.2, 0.25) is 0 Å². The second kappa shape index (κ2) is 9.96. The number of anilines is 1. The zero-order valence-electron chi connectivity index (χ0n) is 17.6. The van der Waals surface area contributed by atoms with E-state index in [1.807, 2.05) is 0 Å².